The van der Waals surface area contributed by atoms with Gasteiger partial charge in [-0.1, -0.05) is 29.3 Å². The summed E-state index contributed by atoms with van der Waals surface area (Å²) in [5.41, 5.74) is 2.96. The van der Waals surface area contributed by atoms with Crippen LogP contribution >= 0.6 is 34.5 Å². The Hall–Kier alpha value is -2.74. The molecule has 0 atom stereocenters. The average Bonchev–Trinajstić information content (AvgIpc) is 3.17. The van der Waals surface area contributed by atoms with E-state index in [1.165, 1.54) is 11.3 Å². The van der Waals surface area contributed by atoms with Gasteiger partial charge < -0.3 is 4.57 Å². The van der Waals surface area contributed by atoms with Crippen molar-refractivity contribution in [3.8, 4) is 0 Å². The number of amides is 1. The highest BCUT2D eigenvalue weighted by molar-refractivity contribution is 7.15. The maximum absolute atomic E-state index is 12.7. The van der Waals surface area contributed by atoms with Crippen LogP contribution in [-0.2, 0) is 13.0 Å². The first-order valence-electron chi connectivity index (χ1n) is 9.57. The zero-order valence-corrected chi connectivity index (χ0v) is 19.1. The van der Waals surface area contributed by atoms with Crippen LogP contribution in [0.25, 0.3) is 11.0 Å². The molecule has 2 aromatic heterocycles. The van der Waals surface area contributed by atoms with Crippen LogP contribution < -0.4 is 10.9 Å². The molecule has 0 aliphatic heterocycles. The number of aryl methyl sites for hydroxylation is 2. The number of benzene rings is 2. The van der Waals surface area contributed by atoms with Gasteiger partial charge in [-0.25, -0.2) is 9.97 Å². The van der Waals surface area contributed by atoms with Gasteiger partial charge in [0.25, 0.3) is 11.5 Å². The first-order valence-corrected chi connectivity index (χ1v) is 11.1. The minimum absolute atomic E-state index is 0.122. The molecule has 0 aliphatic rings. The summed E-state index contributed by atoms with van der Waals surface area (Å²) in [6.45, 7) is 4.10. The fourth-order valence-corrected chi connectivity index (χ4v) is 4.60. The predicted molar refractivity (Wildman–Crippen MR) is 126 cm³/mol. The van der Waals surface area contributed by atoms with Crippen LogP contribution in [0.15, 0.2) is 47.4 Å². The predicted octanol–water partition coefficient (Wildman–Crippen LogP) is 5.33. The zero-order chi connectivity index (χ0) is 22.1. The molecule has 4 rings (SSSR count). The lowest BCUT2D eigenvalue weighted by Crippen LogP contribution is -2.23. The third-order valence-electron chi connectivity index (χ3n) is 4.84. The Morgan fingerprint density at radius 3 is 2.74 bits per heavy atom. The van der Waals surface area contributed by atoms with Gasteiger partial charge in [-0.2, -0.15) is 0 Å². The second-order valence-corrected chi connectivity index (χ2v) is 8.91. The highest BCUT2D eigenvalue weighted by Crippen LogP contribution is 2.27. The van der Waals surface area contributed by atoms with Gasteiger partial charge in [0.15, 0.2) is 5.13 Å². The number of hydrogen-bond acceptors (Lipinski definition) is 5. The van der Waals surface area contributed by atoms with Crippen LogP contribution in [0, 0.1) is 6.92 Å². The minimum Gasteiger partial charge on any atom is -0.305 e. The maximum Gasteiger partial charge on any atom is 0.272 e. The van der Waals surface area contributed by atoms with E-state index >= 15 is 0 Å². The van der Waals surface area contributed by atoms with Crippen molar-refractivity contribution < 1.29 is 4.79 Å². The van der Waals surface area contributed by atoms with Gasteiger partial charge >= 0.3 is 0 Å². The minimum atomic E-state index is -0.291. The first-order chi connectivity index (χ1) is 14.9. The molecule has 1 N–H and O–H groups in total. The SMILES string of the molecule is CCn1c(=O)c(C)nc2cc(C(=O)Nc3ncc(Cc4ccc(Cl)cc4Cl)s3)ccc21. The van der Waals surface area contributed by atoms with Gasteiger partial charge in [0, 0.05) is 39.6 Å². The largest absolute Gasteiger partial charge is 0.305 e. The molecule has 0 saturated carbocycles. The van der Waals surface area contributed by atoms with E-state index in [9.17, 15) is 9.59 Å². The van der Waals surface area contributed by atoms with Crippen molar-refractivity contribution >= 4 is 56.6 Å². The van der Waals surface area contributed by atoms with Gasteiger partial charge in [0.2, 0.25) is 0 Å². The summed E-state index contributed by atoms with van der Waals surface area (Å²) in [5, 5.41) is 4.50. The fraction of sp³-hybridized carbons (Fsp3) is 0.182. The summed E-state index contributed by atoms with van der Waals surface area (Å²) in [4.78, 5) is 34.6. The van der Waals surface area contributed by atoms with Crippen molar-refractivity contribution in [3.63, 3.8) is 0 Å². The van der Waals surface area contributed by atoms with Crippen LogP contribution in [0.4, 0.5) is 5.13 Å². The van der Waals surface area contributed by atoms with Crippen LogP contribution in [0.5, 0.6) is 0 Å². The lowest BCUT2D eigenvalue weighted by molar-refractivity contribution is 0.102. The molecule has 0 bridgehead atoms. The third kappa shape index (κ3) is 4.49. The van der Waals surface area contributed by atoms with E-state index in [1.807, 2.05) is 13.0 Å². The number of halogens is 2. The smallest absolute Gasteiger partial charge is 0.272 e. The van der Waals surface area contributed by atoms with E-state index in [1.54, 1.807) is 48.0 Å². The Morgan fingerprint density at radius 2 is 2.00 bits per heavy atom. The number of aromatic nitrogens is 3. The third-order valence-corrected chi connectivity index (χ3v) is 6.34. The molecule has 2 heterocycles. The molecular formula is C22H18Cl2N4O2S. The summed E-state index contributed by atoms with van der Waals surface area (Å²) < 4.78 is 1.65. The van der Waals surface area contributed by atoms with E-state index in [4.69, 9.17) is 23.2 Å². The second-order valence-electron chi connectivity index (χ2n) is 6.95. The lowest BCUT2D eigenvalue weighted by Gasteiger charge is -2.10. The molecule has 0 unspecified atom stereocenters. The number of rotatable bonds is 5. The Labute approximate surface area is 192 Å². The van der Waals surface area contributed by atoms with Crippen molar-refractivity contribution in [1.29, 1.82) is 0 Å². The maximum atomic E-state index is 12.7. The summed E-state index contributed by atoms with van der Waals surface area (Å²) in [6.07, 6.45) is 2.31. The van der Waals surface area contributed by atoms with Gasteiger partial charge in [-0.15, -0.1) is 11.3 Å². The summed E-state index contributed by atoms with van der Waals surface area (Å²) in [7, 11) is 0. The lowest BCUT2D eigenvalue weighted by atomic mass is 10.1. The molecule has 1 amide bonds. The van der Waals surface area contributed by atoms with Gasteiger partial charge in [0.05, 0.1) is 11.0 Å². The number of nitrogens with one attached hydrogen (secondary N) is 1. The van der Waals surface area contributed by atoms with E-state index < -0.39 is 0 Å². The van der Waals surface area contributed by atoms with Crippen molar-refractivity contribution in [2.75, 3.05) is 5.32 Å². The van der Waals surface area contributed by atoms with Crippen LogP contribution in [0.3, 0.4) is 0 Å². The van der Waals surface area contributed by atoms with E-state index in [0.717, 1.165) is 10.4 Å². The average molecular weight is 473 g/mol. The number of nitrogens with zero attached hydrogens (tertiary/aromatic N) is 3. The Morgan fingerprint density at radius 1 is 1.19 bits per heavy atom. The topological polar surface area (TPSA) is 76.9 Å². The van der Waals surface area contributed by atoms with Crippen LogP contribution in [0.1, 0.15) is 33.4 Å². The molecule has 2 aromatic carbocycles. The van der Waals surface area contributed by atoms with E-state index in [0.29, 0.717) is 50.4 Å². The molecule has 0 radical (unpaired) electrons. The summed E-state index contributed by atoms with van der Waals surface area (Å²) in [6, 6.07) is 10.5. The number of thiazole rings is 1. The van der Waals surface area contributed by atoms with Gasteiger partial charge in [-0.05, 0) is 49.7 Å². The van der Waals surface area contributed by atoms with Crippen LogP contribution in [-0.4, -0.2) is 20.4 Å². The Balaban J connectivity index is 1.54. The molecule has 6 nitrogen and oxygen atoms in total. The quantitative estimate of drug-likeness (QED) is 0.425. The molecule has 31 heavy (non-hydrogen) atoms. The van der Waals surface area contributed by atoms with Gasteiger partial charge in [-0.3, -0.25) is 14.9 Å². The number of fused-ring (bicyclic) bond motifs is 1. The number of anilines is 1. The molecule has 158 valence electrons. The molecule has 0 aliphatic carbocycles. The highest BCUT2D eigenvalue weighted by Gasteiger charge is 2.13. The molecule has 4 aromatic rings. The first kappa shape index (κ1) is 21.5. The summed E-state index contributed by atoms with van der Waals surface area (Å²) in [5.74, 6) is -0.291. The molecule has 0 spiro atoms. The molecule has 0 fully saturated rings. The van der Waals surface area contributed by atoms with Crippen molar-refractivity contribution in [2.24, 2.45) is 0 Å². The second kappa shape index (κ2) is 8.78. The van der Waals surface area contributed by atoms with Crippen molar-refractivity contribution in [1.82, 2.24) is 14.5 Å². The van der Waals surface area contributed by atoms with Gasteiger partial charge in [0.1, 0.15) is 5.69 Å². The molecular weight excluding hydrogens is 455 g/mol. The van der Waals surface area contributed by atoms with E-state index in [-0.39, 0.29) is 11.5 Å². The number of carbonyl (C=O) groups excluding carboxylic acids is 1. The molecule has 9 heteroatoms. The Kier molecular flexibility index (Phi) is 6.09. The molecule has 0 saturated heterocycles. The monoisotopic (exact) mass is 472 g/mol. The van der Waals surface area contributed by atoms with Crippen LogP contribution in [0.2, 0.25) is 10.0 Å². The Bertz CT molecular complexity index is 1360. The standard InChI is InChI=1S/C22H18Cl2N4O2S/c1-3-28-19-7-5-14(9-18(19)26-12(2)21(28)30)20(29)27-22-25-11-16(31-22)8-13-4-6-15(23)10-17(13)24/h4-7,9-11H,3,8H2,1-2H3,(H,25,27,29). The zero-order valence-electron chi connectivity index (χ0n) is 16.8. The number of hydrogen-bond donors (Lipinski definition) is 1. The van der Waals surface area contributed by atoms with Crippen molar-refractivity contribution in [2.45, 2.75) is 26.8 Å². The normalized spacial score (nSPS) is 11.1. The summed E-state index contributed by atoms with van der Waals surface area (Å²) >= 11 is 13.6. The highest BCUT2D eigenvalue weighted by atomic mass is 35.5. The fourth-order valence-electron chi connectivity index (χ4n) is 3.30. The van der Waals surface area contributed by atoms with E-state index in [2.05, 4.69) is 15.3 Å². The number of carbonyl (C=O) groups is 1. The van der Waals surface area contributed by atoms with Crippen molar-refractivity contribution in [3.05, 3.63) is 84.7 Å².